The minimum Gasteiger partial charge on any atom is -0.382 e. The van der Waals surface area contributed by atoms with Gasteiger partial charge in [-0.05, 0) is 49.8 Å². The summed E-state index contributed by atoms with van der Waals surface area (Å²) in [5.41, 5.74) is 5.32. The van der Waals surface area contributed by atoms with Crippen molar-refractivity contribution in [2.45, 2.75) is 38.6 Å². The zero-order valence-electron chi connectivity index (χ0n) is 11.7. The summed E-state index contributed by atoms with van der Waals surface area (Å²) in [6.07, 6.45) is 6.86. The van der Waals surface area contributed by atoms with Crippen molar-refractivity contribution < 1.29 is 0 Å². The molecule has 0 amide bonds. The highest BCUT2D eigenvalue weighted by Crippen LogP contribution is 2.26. The SMILES string of the molecule is Cc1nn(C)cc1CCC1CCc2ccccc2N1. The Labute approximate surface area is 114 Å². The van der Waals surface area contributed by atoms with Crippen LogP contribution in [-0.4, -0.2) is 15.8 Å². The number of anilines is 1. The lowest BCUT2D eigenvalue weighted by Gasteiger charge is -2.27. The Morgan fingerprint density at radius 3 is 3.00 bits per heavy atom. The van der Waals surface area contributed by atoms with Crippen molar-refractivity contribution in [3.8, 4) is 0 Å². The minimum absolute atomic E-state index is 0.592. The predicted molar refractivity (Wildman–Crippen MR) is 78.4 cm³/mol. The van der Waals surface area contributed by atoms with Crippen LogP contribution in [0.2, 0.25) is 0 Å². The number of benzene rings is 1. The van der Waals surface area contributed by atoms with Crippen LogP contribution in [0, 0.1) is 6.92 Å². The van der Waals surface area contributed by atoms with Crippen molar-refractivity contribution in [1.29, 1.82) is 0 Å². The fourth-order valence-electron chi connectivity index (χ4n) is 2.94. The third kappa shape index (κ3) is 2.65. The number of nitrogens with one attached hydrogen (secondary N) is 1. The first-order valence-electron chi connectivity index (χ1n) is 7.06. The Morgan fingerprint density at radius 2 is 2.21 bits per heavy atom. The van der Waals surface area contributed by atoms with Crippen LogP contribution in [0.1, 0.15) is 29.7 Å². The van der Waals surface area contributed by atoms with Gasteiger partial charge in [-0.25, -0.2) is 0 Å². The van der Waals surface area contributed by atoms with Gasteiger partial charge in [0.05, 0.1) is 5.69 Å². The third-order valence-corrected chi connectivity index (χ3v) is 4.02. The number of fused-ring (bicyclic) bond motifs is 1. The highest BCUT2D eigenvalue weighted by Gasteiger charge is 2.17. The highest BCUT2D eigenvalue weighted by molar-refractivity contribution is 5.53. The topological polar surface area (TPSA) is 29.9 Å². The fraction of sp³-hybridized carbons (Fsp3) is 0.438. The number of aryl methyl sites for hydroxylation is 4. The van der Waals surface area contributed by atoms with Gasteiger partial charge < -0.3 is 5.32 Å². The molecule has 0 saturated heterocycles. The van der Waals surface area contributed by atoms with E-state index < -0.39 is 0 Å². The van der Waals surface area contributed by atoms with Crippen molar-refractivity contribution in [2.24, 2.45) is 7.05 Å². The lowest BCUT2D eigenvalue weighted by atomic mass is 9.94. The molecular formula is C16H21N3. The van der Waals surface area contributed by atoms with Crippen LogP contribution in [0.25, 0.3) is 0 Å². The zero-order valence-corrected chi connectivity index (χ0v) is 11.7. The maximum absolute atomic E-state index is 4.41. The molecule has 2 aromatic rings. The second-order valence-electron chi connectivity index (χ2n) is 5.49. The molecule has 0 radical (unpaired) electrons. The van der Waals surface area contributed by atoms with Gasteiger partial charge in [-0.15, -0.1) is 0 Å². The van der Waals surface area contributed by atoms with Gasteiger partial charge in [-0.1, -0.05) is 18.2 Å². The first kappa shape index (κ1) is 12.3. The van der Waals surface area contributed by atoms with Crippen molar-refractivity contribution in [3.63, 3.8) is 0 Å². The molecule has 0 bridgehead atoms. The van der Waals surface area contributed by atoms with Gasteiger partial charge in [-0.2, -0.15) is 5.10 Å². The third-order valence-electron chi connectivity index (χ3n) is 4.02. The number of rotatable bonds is 3. The van der Waals surface area contributed by atoms with Gasteiger partial charge in [0.2, 0.25) is 0 Å². The Bertz CT molecular complexity index is 571. The Balaban J connectivity index is 1.62. The van der Waals surface area contributed by atoms with Crippen LogP contribution in [0.4, 0.5) is 5.69 Å². The molecule has 1 aliphatic rings. The second kappa shape index (κ2) is 5.08. The highest BCUT2D eigenvalue weighted by atomic mass is 15.2. The molecule has 3 nitrogen and oxygen atoms in total. The maximum Gasteiger partial charge on any atom is 0.0625 e. The summed E-state index contributed by atoms with van der Waals surface area (Å²) in [4.78, 5) is 0. The van der Waals surface area contributed by atoms with Crippen LogP contribution < -0.4 is 5.32 Å². The molecule has 1 atom stereocenters. The first-order chi connectivity index (χ1) is 9.22. The lowest BCUT2D eigenvalue weighted by molar-refractivity contribution is 0.586. The molecule has 2 heterocycles. The summed E-state index contributed by atoms with van der Waals surface area (Å²) in [5, 5.41) is 8.07. The Kier molecular flexibility index (Phi) is 3.28. The molecule has 1 unspecified atom stereocenters. The van der Waals surface area contributed by atoms with E-state index in [1.807, 2.05) is 11.7 Å². The summed E-state index contributed by atoms with van der Waals surface area (Å²) >= 11 is 0. The van der Waals surface area contributed by atoms with Gasteiger partial charge >= 0.3 is 0 Å². The minimum atomic E-state index is 0.592. The van der Waals surface area contributed by atoms with Crippen molar-refractivity contribution in [1.82, 2.24) is 9.78 Å². The number of hydrogen-bond acceptors (Lipinski definition) is 2. The van der Waals surface area contributed by atoms with E-state index in [1.54, 1.807) is 0 Å². The molecule has 3 heteroatoms. The van der Waals surface area contributed by atoms with Gasteiger partial charge in [0.15, 0.2) is 0 Å². The molecule has 19 heavy (non-hydrogen) atoms. The molecule has 1 N–H and O–H groups in total. The maximum atomic E-state index is 4.41. The van der Waals surface area contributed by atoms with Crippen molar-refractivity contribution in [3.05, 3.63) is 47.3 Å². The molecule has 0 aliphatic carbocycles. The van der Waals surface area contributed by atoms with E-state index in [-0.39, 0.29) is 0 Å². The molecular weight excluding hydrogens is 234 g/mol. The van der Waals surface area contributed by atoms with Crippen LogP contribution in [0.3, 0.4) is 0 Å². The van der Waals surface area contributed by atoms with E-state index in [9.17, 15) is 0 Å². The van der Waals surface area contributed by atoms with E-state index in [0.29, 0.717) is 6.04 Å². The molecule has 1 aromatic carbocycles. The van der Waals surface area contributed by atoms with Crippen LogP contribution in [0.5, 0.6) is 0 Å². The number of hydrogen-bond donors (Lipinski definition) is 1. The number of nitrogens with zero attached hydrogens (tertiary/aromatic N) is 2. The summed E-state index contributed by atoms with van der Waals surface area (Å²) < 4.78 is 1.91. The summed E-state index contributed by atoms with van der Waals surface area (Å²) in [5.74, 6) is 0. The summed E-state index contributed by atoms with van der Waals surface area (Å²) in [7, 11) is 1.99. The Morgan fingerprint density at radius 1 is 1.37 bits per heavy atom. The molecule has 0 fully saturated rings. The molecule has 0 spiro atoms. The van der Waals surface area contributed by atoms with Gasteiger partial charge in [-0.3, -0.25) is 4.68 Å². The smallest absolute Gasteiger partial charge is 0.0625 e. The second-order valence-corrected chi connectivity index (χ2v) is 5.49. The van der Waals surface area contributed by atoms with E-state index >= 15 is 0 Å². The summed E-state index contributed by atoms with van der Waals surface area (Å²) in [6.45, 7) is 2.10. The quantitative estimate of drug-likeness (QED) is 0.913. The first-order valence-corrected chi connectivity index (χ1v) is 7.06. The largest absolute Gasteiger partial charge is 0.382 e. The number of aromatic nitrogens is 2. The monoisotopic (exact) mass is 255 g/mol. The van der Waals surface area contributed by atoms with Crippen LogP contribution in [-0.2, 0) is 19.9 Å². The van der Waals surface area contributed by atoms with Crippen molar-refractivity contribution in [2.75, 3.05) is 5.32 Å². The molecule has 1 aromatic heterocycles. The number of para-hydroxylation sites is 1. The molecule has 100 valence electrons. The fourth-order valence-corrected chi connectivity index (χ4v) is 2.94. The van der Waals surface area contributed by atoms with Crippen LogP contribution in [0.15, 0.2) is 30.5 Å². The molecule has 1 aliphatic heterocycles. The lowest BCUT2D eigenvalue weighted by Crippen LogP contribution is -2.25. The normalized spacial score (nSPS) is 17.9. The van der Waals surface area contributed by atoms with E-state index in [4.69, 9.17) is 0 Å². The molecule has 0 saturated carbocycles. The Hall–Kier alpha value is -1.77. The van der Waals surface area contributed by atoms with Crippen molar-refractivity contribution >= 4 is 5.69 Å². The standard InChI is InChI=1S/C16H21N3/c1-12-14(11-19(2)18-12)8-10-15-9-7-13-5-3-4-6-16(13)17-15/h3-6,11,15,17H,7-10H2,1-2H3. The average molecular weight is 255 g/mol. The van der Waals surface area contributed by atoms with Gasteiger partial charge in [0, 0.05) is 25.0 Å². The summed E-state index contributed by atoms with van der Waals surface area (Å²) in [6, 6.07) is 9.24. The van der Waals surface area contributed by atoms with E-state index in [0.717, 1.165) is 6.42 Å². The molecule has 3 rings (SSSR count). The zero-order chi connectivity index (χ0) is 13.2. The predicted octanol–water partition coefficient (Wildman–Crippen LogP) is 3.09. The average Bonchev–Trinajstić information content (AvgIpc) is 2.74. The van der Waals surface area contributed by atoms with E-state index in [2.05, 4.69) is 47.8 Å². The van der Waals surface area contributed by atoms with Gasteiger partial charge in [0.25, 0.3) is 0 Å². The van der Waals surface area contributed by atoms with Crippen LogP contribution >= 0.6 is 0 Å². The van der Waals surface area contributed by atoms with E-state index in [1.165, 1.54) is 41.8 Å². The van der Waals surface area contributed by atoms with Gasteiger partial charge in [0.1, 0.15) is 0 Å².